The van der Waals surface area contributed by atoms with Crippen molar-refractivity contribution in [1.82, 2.24) is 15.0 Å². The van der Waals surface area contributed by atoms with E-state index in [1.54, 1.807) is 17.2 Å². The van der Waals surface area contributed by atoms with E-state index in [0.29, 0.717) is 25.3 Å². The van der Waals surface area contributed by atoms with Gasteiger partial charge in [0.2, 0.25) is 0 Å². The van der Waals surface area contributed by atoms with Crippen molar-refractivity contribution in [1.29, 1.82) is 0 Å². The minimum Gasteiger partial charge on any atom is -0.459 e. The van der Waals surface area contributed by atoms with Gasteiger partial charge in [-0.15, -0.1) is 0 Å². The third kappa shape index (κ3) is 3.53. The van der Waals surface area contributed by atoms with Crippen molar-refractivity contribution in [3.05, 3.63) is 12.4 Å². The highest BCUT2D eigenvalue weighted by Gasteiger charge is 2.44. The maximum Gasteiger partial charge on any atom is 0.326 e. The fourth-order valence-corrected chi connectivity index (χ4v) is 2.47. The molecule has 19 heavy (non-hydrogen) atoms. The van der Waals surface area contributed by atoms with Crippen LogP contribution in [0.1, 0.15) is 40.0 Å². The topological polar surface area (TPSA) is 83.0 Å². The van der Waals surface area contributed by atoms with Gasteiger partial charge in [-0.1, -0.05) is 0 Å². The first kappa shape index (κ1) is 14.0. The molecule has 0 unspecified atom stereocenters. The maximum atomic E-state index is 12.1. The van der Waals surface area contributed by atoms with Crippen molar-refractivity contribution in [3.8, 4) is 0 Å². The molecule has 1 aromatic rings. The molecule has 0 radical (unpaired) electrons. The molecule has 1 aliphatic carbocycles. The van der Waals surface area contributed by atoms with Gasteiger partial charge in [0.15, 0.2) is 0 Å². The summed E-state index contributed by atoms with van der Waals surface area (Å²) in [6.07, 6.45) is 5.49. The first-order chi connectivity index (χ1) is 8.78. The number of hydrogen-bond acceptors (Lipinski definition) is 5. The van der Waals surface area contributed by atoms with E-state index in [-0.39, 0.29) is 5.97 Å². The number of hydrogen-bond donors (Lipinski definition) is 1. The highest BCUT2D eigenvalue weighted by Crippen LogP contribution is 2.35. The van der Waals surface area contributed by atoms with Crippen molar-refractivity contribution in [2.24, 2.45) is 11.7 Å². The number of nitrogens with zero attached hydrogens (tertiary/aromatic N) is 3. The molecule has 0 amide bonds. The molecule has 106 valence electrons. The summed E-state index contributed by atoms with van der Waals surface area (Å²) < 4.78 is 5.41. The van der Waals surface area contributed by atoms with Crippen LogP contribution in [-0.4, -0.2) is 32.1 Å². The Labute approximate surface area is 113 Å². The standard InChI is InChI=1S/C13H22N4O2/c1-12(2,3)19-11(18)13(14)5-4-10(8-13)9-17-15-6-7-16-17/h6-7,10H,4-5,8-9,14H2,1-3H3/t10-,13+/m1/s1. The van der Waals surface area contributed by atoms with Gasteiger partial charge in [-0.2, -0.15) is 15.0 Å². The zero-order valence-electron chi connectivity index (χ0n) is 11.8. The van der Waals surface area contributed by atoms with E-state index in [1.807, 2.05) is 20.8 Å². The van der Waals surface area contributed by atoms with Crippen LogP contribution < -0.4 is 5.73 Å². The fourth-order valence-electron chi connectivity index (χ4n) is 2.47. The van der Waals surface area contributed by atoms with Crippen LogP contribution >= 0.6 is 0 Å². The molecule has 2 N–H and O–H groups in total. The molecule has 1 heterocycles. The molecule has 0 aromatic carbocycles. The molecule has 1 fully saturated rings. The average molecular weight is 266 g/mol. The van der Waals surface area contributed by atoms with Gasteiger partial charge in [-0.3, -0.25) is 4.79 Å². The molecule has 2 atom stereocenters. The van der Waals surface area contributed by atoms with Gasteiger partial charge in [0, 0.05) is 0 Å². The zero-order valence-corrected chi connectivity index (χ0v) is 11.8. The lowest BCUT2D eigenvalue weighted by Gasteiger charge is -2.28. The smallest absolute Gasteiger partial charge is 0.326 e. The normalized spacial score (nSPS) is 27.5. The number of nitrogens with two attached hydrogens (primary N) is 1. The zero-order chi connectivity index (χ0) is 14.1. The first-order valence-corrected chi connectivity index (χ1v) is 6.65. The molecule has 0 bridgehead atoms. The minimum absolute atomic E-state index is 0.295. The highest BCUT2D eigenvalue weighted by molar-refractivity contribution is 5.81. The summed E-state index contributed by atoms with van der Waals surface area (Å²) >= 11 is 0. The molecule has 1 saturated carbocycles. The van der Waals surface area contributed by atoms with Gasteiger partial charge in [0.25, 0.3) is 0 Å². The lowest BCUT2D eigenvalue weighted by molar-refractivity contribution is -0.161. The predicted molar refractivity (Wildman–Crippen MR) is 70.1 cm³/mol. The summed E-state index contributed by atoms with van der Waals surface area (Å²) in [4.78, 5) is 13.8. The lowest BCUT2D eigenvalue weighted by atomic mass is 9.97. The van der Waals surface area contributed by atoms with Crippen molar-refractivity contribution in [2.75, 3.05) is 0 Å². The second-order valence-corrected chi connectivity index (χ2v) is 6.35. The lowest BCUT2D eigenvalue weighted by Crippen LogP contribution is -2.49. The Morgan fingerprint density at radius 3 is 2.68 bits per heavy atom. The second kappa shape index (κ2) is 4.92. The van der Waals surface area contributed by atoms with Gasteiger partial charge < -0.3 is 10.5 Å². The van der Waals surface area contributed by atoms with Gasteiger partial charge in [0.1, 0.15) is 11.1 Å². The Morgan fingerprint density at radius 2 is 2.11 bits per heavy atom. The quantitative estimate of drug-likeness (QED) is 0.829. The van der Waals surface area contributed by atoms with Gasteiger partial charge in [-0.25, -0.2) is 0 Å². The van der Waals surface area contributed by atoms with E-state index >= 15 is 0 Å². The summed E-state index contributed by atoms with van der Waals surface area (Å²) in [6, 6.07) is 0. The van der Waals surface area contributed by atoms with Crippen LogP contribution in [0.5, 0.6) is 0 Å². The fraction of sp³-hybridized carbons (Fsp3) is 0.769. The van der Waals surface area contributed by atoms with Crippen LogP contribution in [0.25, 0.3) is 0 Å². The number of esters is 1. The van der Waals surface area contributed by atoms with Gasteiger partial charge in [0.05, 0.1) is 18.9 Å². The summed E-state index contributed by atoms with van der Waals surface area (Å²) in [5.41, 5.74) is 4.85. The Hall–Kier alpha value is -1.43. The molecule has 0 saturated heterocycles. The largest absolute Gasteiger partial charge is 0.459 e. The summed E-state index contributed by atoms with van der Waals surface area (Å²) in [7, 11) is 0. The first-order valence-electron chi connectivity index (χ1n) is 6.65. The molecule has 2 rings (SSSR count). The average Bonchev–Trinajstić information content (AvgIpc) is 2.88. The number of ether oxygens (including phenoxy) is 1. The molecular weight excluding hydrogens is 244 g/mol. The van der Waals surface area contributed by atoms with E-state index in [2.05, 4.69) is 10.2 Å². The molecule has 0 spiro atoms. The van der Waals surface area contributed by atoms with Crippen LogP contribution in [0.2, 0.25) is 0 Å². The van der Waals surface area contributed by atoms with E-state index in [4.69, 9.17) is 10.5 Å². The third-order valence-electron chi connectivity index (χ3n) is 3.35. The van der Waals surface area contributed by atoms with E-state index in [0.717, 1.165) is 6.42 Å². The monoisotopic (exact) mass is 266 g/mol. The van der Waals surface area contributed by atoms with Crippen LogP contribution in [0.3, 0.4) is 0 Å². The second-order valence-electron chi connectivity index (χ2n) is 6.35. The Kier molecular flexibility index (Phi) is 3.62. The molecule has 0 aliphatic heterocycles. The Balaban J connectivity index is 1.94. The summed E-state index contributed by atoms with van der Waals surface area (Å²) in [5.74, 6) is 0.0286. The Morgan fingerprint density at radius 1 is 1.47 bits per heavy atom. The van der Waals surface area contributed by atoms with Crippen LogP contribution in [0.15, 0.2) is 12.4 Å². The Bertz CT molecular complexity index is 438. The SMILES string of the molecule is CC(C)(C)OC(=O)[C@]1(N)CC[C@@H](Cn2nccn2)C1. The molecule has 6 heteroatoms. The molecule has 1 aliphatic rings. The van der Waals surface area contributed by atoms with Crippen LogP contribution in [0, 0.1) is 5.92 Å². The minimum atomic E-state index is -0.856. The van der Waals surface area contributed by atoms with Crippen LogP contribution in [0.4, 0.5) is 0 Å². The number of carbonyl (C=O) groups excluding carboxylic acids is 1. The van der Waals surface area contributed by atoms with Gasteiger partial charge in [-0.05, 0) is 46.0 Å². The van der Waals surface area contributed by atoms with Crippen LogP contribution in [-0.2, 0) is 16.1 Å². The number of aromatic nitrogens is 3. The van der Waals surface area contributed by atoms with Gasteiger partial charge >= 0.3 is 5.97 Å². The van der Waals surface area contributed by atoms with E-state index in [1.165, 1.54) is 0 Å². The summed E-state index contributed by atoms with van der Waals surface area (Å²) in [6.45, 7) is 6.27. The maximum absolute atomic E-state index is 12.1. The highest BCUT2D eigenvalue weighted by atomic mass is 16.6. The predicted octanol–water partition coefficient (Wildman–Crippen LogP) is 1.12. The van der Waals surface area contributed by atoms with Crippen molar-refractivity contribution in [2.45, 2.75) is 57.7 Å². The van der Waals surface area contributed by atoms with Crippen molar-refractivity contribution >= 4 is 5.97 Å². The molecule has 6 nitrogen and oxygen atoms in total. The molecule has 1 aromatic heterocycles. The van der Waals surface area contributed by atoms with Crippen molar-refractivity contribution < 1.29 is 9.53 Å². The third-order valence-corrected chi connectivity index (χ3v) is 3.35. The molecular formula is C13H22N4O2. The van der Waals surface area contributed by atoms with Crippen molar-refractivity contribution in [3.63, 3.8) is 0 Å². The number of carbonyl (C=O) groups is 1. The van der Waals surface area contributed by atoms with E-state index in [9.17, 15) is 4.79 Å². The van der Waals surface area contributed by atoms with E-state index < -0.39 is 11.1 Å². The number of rotatable bonds is 3. The summed E-state index contributed by atoms with van der Waals surface area (Å²) in [5, 5.41) is 8.16.